The van der Waals surface area contributed by atoms with Crippen molar-refractivity contribution < 1.29 is 9.53 Å². The van der Waals surface area contributed by atoms with E-state index in [1.807, 2.05) is 12.1 Å². The number of hydrogen-bond acceptors (Lipinski definition) is 2. The highest BCUT2D eigenvalue weighted by atomic mass is 16.5. The van der Waals surface area contributed by atoms with E-state index in [9.17, 15) is 4.79 Å². The normalized spacial score (nSPS) is 10.2. The molecule has 0 unspecified atom stereocenters. The van der Waals surface area contributed by atoms with Gasteiger partial charge in [0.05, 0.1) is 7.11 Å². The number of benzene rings is 1. The smallest absolute Gasteiger partial charge is 0.129 e. The van der Waals surface area contributed by atoms with Crippen LogP contribution in [0.3, 0.4) is 0 Å². The molecule has 0 aromatic heterocycles. The predicted octanol–water partition coefficient (Wildman–Crippen LogP) is 3.78. The van der Waals surface area contributed by atoms with E-state index in [1.54, 1.807) is 14.0 Å². The molecule has 94 valence electrons. The molecule has 0 N–H and O–H groups in total. The van der Waals surface area contributed by atoms with Gasteiger partial charge in [-0.15, -0.1) is 0 Å². The minimum absolute atomic E-state index is 0.306. The Morgan fingerprint density at radius 1 is 1.06 bits per heavy atom. The number of ether oxygens (including phenoxy) is 1. The van der Waals surface area contributed by atoms with Crippen LogP contribution in [0.4, 0.5) is 0 Å². The molecular formula is C15H22O2. The summed E-state index contributed by atoms with van der Waals surface area (Å²) in [6, 6.07) is 8.25. The van der Waals surface area contributed by atoms with Gasteiger partial charge in [-0.1, -0.05) is 25.0 Å². The van der Waals surface area contributed by atoms with Crippen molar-refractivity contribution in [2.75, 3.05) is 7.11 Å². The molecule has 2 heteroatoms. The molecule has 0 saturated carbocycles. The lowest BCUT2D eigenvalue weighted by Gasteiger charge is -2.03. The fourth-order valence-electron chi connectivity index (χ4n) is 1.85. The molecule has 1 aromatic rings. The van der Waals surface area contributed by atoms with E-state index in [-0.39, 0.29) is 0 Å². The van der Waals surface area contributed by atoms with Crippen LogP contribution in [0.15, 0.2) is 24.3 Å². The SMILES string of the molecule is COc1ccc(CCCCCCC(C)=O)cc1. The molecular weight excluding hydrogens is 212 g/mol. The highest BCUT2D eigenvalue weighted by molar-refractivity contribution is 5.75. The van der Waals surface area contributed by atoms with Crippen LogP contribution in [0, 0.1) is 0 Å². The van der Waals surface area contributed by atoms with Crippen LogP contribution in [-0.4, -0.2) is 12.9 Å². The Hall–Kier alpha value is -1.31. The minimum atomic E-state index is 0.306. The Morgan fingerprint density at radius 3 is 2.29 bits per heavy atom. The van der Waals surface area contributed by atoms with E-state index in [0.29, 0.717) is 5.78 Å². The molecule has 0 amide bonds. The summed E-state index contributed by atoms with van der Waals surface area (Å²) in [5.74, 6) is 1.22. The first-order chi connectivity index (χ1) is 8.22. The number of unbranched alkanes of at least 4 members (excludes halogenated alkanes) is 3. The van der Waals surface area contributed by atoms with Gasteiger partial charge >= 0.3 is 0 Å². The molecule has 2 nitrogen and oxygen atoms in total. The zero-order chi connectivity index (χ0) is 12.5. The Bertz CT molecular complexity index is 327. The predicted molar refractivity (Wildman–Crippen MR) is 70.5 cm³/mol. The topological polar surface area (TPSA) is 26.3 Å². The van der Waals surface area contributed by atoms with Gasteiger partial charge in [-0.2, -0.15) is 0 Å². The van der Waals surface area contributed by atoms with Crippen molar-refractivity contribution in [3.63, 3.8) is 0 Å². The van der Waals surface area contributed by atoms with Gasteiger partial charge in [-0.05, 0) is 43.9 Å². The third kappa shape index (κ3) is 6.10. The second kappa shape index (κ2) is 7.88. The zero-order valence-corrected chi connectivity index (χ0v) is 10.9. The standard InChI is InChI=1S/C15H22O2/c1-13(16)7-5-3-4-6-8-14-9-11-15(17-2)12-10-14/h9-12H,3-8H2,1-2H3. The van der Waals surface area contributed by atoms with Gasteiger partial charge in [-0.3, -0.25) is 0 Å². The quantitative estimate of drug-likeness (QED) is 0.640. The van der Waals surface area contributed by atoms with Crippen LogP contribution in [0.2, 0.25) is 0 Å². The lowest BCUT2D eigenvalue weighted by Crippen LogP contribution is -1.90. The third-order valence-corrected chi connectivity index (χ3v) is 2.90. The van der Waals surface area contributed by atoms with E-state index in [2.05, 4.69) is 12.1 Å². The first kappa shape index (κ1) is 13.8. The summed E-state index contributed by atoms with van der Waals surface area (Å²) in [7, 11) is 1.68. The number of carbonyl (C=O) groups is 1. The molecule has 0 aliphatic rings. The molecule has 17 heavy (non-hydrogen) atoms. The van der Waals surface area contributed by atoms with E-state index >= 15 is 0 Å². The Kier molecular flexibility index (Phi) is 6.38. The summed E-state index contributed by atoms with van der Waals surface area (Å²) in [6.07, 6.45) is 6.46. The number of methoxy groups -OCH3 is 1. The van der Waals surface area contributed by atoms with Gasteiger partial charge in [0.15, 0.2) is 0 Å². The van der Waals surface area contributed by atoms with Crippen molar-refractivity contribution in [1.82, 2.24) is 0 Å². The fourth-order valence-corrected chi connectivity index (χ4v) is 1.85. The van der Waals surface area contributed by atoms with Crippen LogP contribution in [0.25, 0.3) is 0 Å². The highest BCUT2D eigenvalue weighted by Gasteiger charge is 1.96. The molecule has 0 saturated heterocycles. The average Bonchev–Trinajstić information content (AvgIpc) is 2.34. The van der Waals surface area contributed by atoms with Crippen LogP contribution >= 0.6 is 0 Å². The third-order valence-electron chi connectivity index (χ3n) is 2.90. The van der Waals surface area contributed by atoms with E-state index in [0.717, 1.165) is 31.4 Å². The summed E-state index contributed by atoms with van der Waals surface area (Å²) in [5.41, 5.74) is 1.36. The van der Waals surface area contributed by atoms with Gasteiger partial charge in [-0.25, -0.2) is 0 Å². The van der Waals surface area contributed by atoms with Gasteiger partial charge in [0.1, 0.15) is 11.5 Å². The van der Waals surface area contributed by atoms with Gasteiger partial charge in [0.2, 0.25) is 0 Å². The van der Waals surface area contributed by atoms with Gasteiger partial charge in [0.25, 0.3) is 0 Å². The number of rotatable bonds is 8. The zero-order valence-electron chi connectivity index (χ0n) is 10.9. The first-order valence-corrected chi connectivity index (χ1v) is 6.34. The molecule has 1 aromatic carbocycles. The maximum atomic E-state index is 10.7. The second-order valence-corrected chi connectivity index (χ2v) is 4.46. The summed E-state index contributed by atoms with van der Waals surface area (Å²) < 4.78 is 5.12. The van der Waals surface area contributed by atoms with Gasteiger partial charge in [0, 0.05) is 6.42 Å². The van der Waals surface area contributed by atoms with E-state index in [1.165, 1.54) is 18.4 Å². The van der Waals surface area contributed by atoms with E-state index < -0.39 is 0 Å². The number of carbonyl (C=O) groups excluding carboxylic acids is 1. The molecule has 0 heterocycles. The fraction of sp³-hybridized carbons (Fsp3) is 0.533. The van der Waals surface area contributed by atoms with Crippen LogP contribution < -0.4 is 4.74 Å². The average molecular weight is 234 g/mol. The molecule has 0 fully saturated rings. The molecule has 0 aliphatic carbocycles. The number of ketones is 1. The second-order valence-electron chi connectivity index (χ2n) is 4.46. The van der Waals surface area contributed by atoms with Crippen LogP contribution in [0.5, 0.6) is 5.75 Å². The van der Waals surface area contributed by atoms with Crippen molar-refractivity contribution in [2.45, 2.75) is 45.4 Å². The van der Waals surface area contributed by atoms with Crippen LogP contribution in [0.1, 0.15) is 44.6 Å². The molecule has 0 radical (unpaired) electrons. The highest BCUT2D eigenvalue weighted by Crippen LogP contribution is 2.14. The van der Waals surface area contributed by atoms with Crippen molar-refractivity contribution in [3.8, 4) is 5.75 Å². The largest absolute Gasteiger partial charge is 0.497 e. The lowest BCUT2D eigenvalue weighted by atomic mass is 10.0. The molecule has 1 rings (SSSR count). The lowest BCUT2D eigenvalue weighted by molar-refractivity contribution is -0.117. The summed E-state index contributed by atoms with van der Waals surface area (Å²) >= 11 is 0. The summed E-state index contributed by atoms with van der Waals surface area (Å²) in [5, 5.41) is 0. The number of hydrogen-bond donors (Lipinski definition) is 0. The Balaban J connectivity index is 2.11. The van der Waals surface area contributed by atoms with Crippen molar-refractivity contribution in [2.24, 2.45) is 0 Å². The summed E-state index contributed by atoms with van der Waals surface area (Å²) in [4.78, 5) is 10.7. The van der Waals surface area contributed by atoms with E-state index in [4.69, 9.17) is 4.74 Å². The number of Topliss-reactive ketones (excluding diaryl/α,β-unsaturated/α-hetero) is 1. The maximum Gasteiger partial charge on any atom is 0.129 e. The monoisotopic (exact) mass is 234 g/mol. The minimum Gasteiger partial charge on any atom is -0.497 e. The first-order valence-electron chi connectivity index (χ1n) is 6.34. The summed E-state index contributed by atoms with van der Waals surface area (Å²) in [6.45, 7) is 1.66. The molecule has 0 aliphatic heterocycles. The van der Waals surface area contributed by atoms with Crippen molar-refractivity contribution in [1.29, 1.82) is 0 Å². The Labute approximate surface area is 104 Å². The van der Waals surface area contributed by atoms with Crippen molar-refractivity contribution >= 4 is 5.78 Å². The number of aryl methyl sites for hydroxylation is 1. The molecule has 0 spiro atoms. The molecule has 0 atom stereocenters. The van der Waals surface area contributed by atoms with Crippen molar-refractivity contribution in [3.05, 3.63) is 29.8 Å². The molecule has 0 bridgehead atoms. The van der Waals surface area contributed by atoms with Crippen LogP contribution in [-0.2, 0) is 11.2 Å². The maximum absolute atomic E-state index is 10.7. The Morgan fingerprint density at radius 2 is 1.71 bits per heavy atom. The van der Waals surface area contributed by atoms with Gasteiger partial charge < -0.3 is 9.53 Å².